The molecule has 1 aromatic carbocycles. The third-order valence-electron chi connectivity index (χ3n) is 7.76. The largest absolute Gasteiger partial charge is 0.328 e. The summed E-state index contributed by atoms with van der Waals surface area (Å²) in [5.74, 6) is 0.629. The Morgan fingerprint density at radius 2 is 1.87 bits per heavy atom. The molecule has 9 nitrogen and oxygen atoms in total. The fourth-order valence-corrected chi connectivity index (χ4v) is 5.70. The molecule has 1 saturated carbocycles. The number of imidazole rings is 1. The van der Waals surface area contributed by atoms with Crippen LogP contribution in [0.25, 0.3) is 22.5 Å². The average molecular weight is 514 g/mol. The molecule has 198 valence electrons. The molecule has 2 unspecified atom stereocenters. The van der Waals surface area contributed by atoms with Gasteiger partial charge in [-0.2, -0.15) is 5.21 Å². The third kappa shape index (κ3) is 5.37. The summed E-state index contributed by atoms with van der Waals surface area (Å²) in [6.07, 6.45) is 13.5. The molecule has 1 N–H and O–H groups in total. The summed E-state index contributed by atoms with van der Waals surface area (Å²) in [7, 11) is 0. The molecule has 0 spiro atoms. The molecule has 0 aliphatic heterocycles. The van der Waals surface area contributed by atoms with E-state index in [0.717, 1.165) is 79.3 Å². The topological polar surface area (TPSA) is 111 Å². The number of Topliss-reactive ketones (excluding diaryl/α,β-unsaturated/α-hetero) is 1. The fraction of sp³-hybridized carbons (Fsp3) is 0.448. The van der Waals surface area contributed by atoms with E-state index >= 15 is 0 Å². The molecule has 38 heavy (non-hydrogen) atoms. The Morgan fingerprint density at radius 1 is 1.08 bits per heavy atom. The molecule has 1 fully saturated rings. The van der Waals surface area contributed by atoms with Gasteiger partial charge in [0.25, 0.3) is 0 Å². The van der Waals surface area contributed by atoms with Crippen LogP contribution < -0.4 is 5.69 Å². The van der Waals surface area contributed by atoms with Crippen molar-refractivity contribution in [3.63, 3.8) is 0 Å². The Balaban J connectivity index is 1.51. The predicted molar refractivity (Wildman–Crippen MR) is 146 cm³/mol. The van der Waals surface area contributed by atoms with E-state index in [1.165, 1.54) is 0 Å². The summed E-state index contributed by atoms with van der Waals surface area (Å²) in [6, 6.07) is 9.90. The van der Waals surface area contributed by atoms with Crippen LogP contribution in [0.15, 0.2) is 53.7 Å². The van der Waals surface area contributed by atoms with Gasteiger partial charge in [-0.05, 0) is 60.6 Å². The van der Waals surface area contributed by atoms with Gasteiger partial charge in [-0.15, -0.1) is 10.2 Å². The summed E-state index contributed by atoms with van der Waals surface area (Å²) in [5.41, 5.74) is 4.88. The van der Waals surface area contributed by atoms with Crippen molar-refractivity contribution in [3.05, 3.63) is 70.7 Å². The van der Waals surface area contributed by atoms with Crippen LogP contribution in [0.2, 0.25) is 0 Å². The number of aryl methyl sites for hydroxylation is 1. The second kappa shape index (κ2) is 11.7. The molecule has 3 heterocycles. The van der Waals surface area contributed by atoms with E-state index in [0.29, 0.717) is 12.4 Å². The number of unbranched alkanes of at least 4 members (excludes halogenated alkanes) is 1. The van der Waals surface area contributed by atoms with Crippen molar-refractivity contribution in [2.24, 2.45) is 5.92 Å². The van der Waals surface area contributed by atoms with Crippen molar-refractivity contribution in [2.45, 2.75) is 77.8 Å². The van der Waals surface area contributed by atoms with Crippen molar-refractivity contribution in [2.75, 3.05) is 0 Å². The van der Waals surface area contributed by atoms with Gasteiger partial charge in [0.1, 0.15) is 5.78 Å². The molecule has 2 atom stereocenters. The monoisotopic (exact) mass is 513 g/mol. The van der Waals surface area contributed by atoms with Crippen molar-refractivity contribution in [1.82, 2.24) is 34.7 Å². The summed E-state index contributed by atoms with van der Waals surface area (Å²) in [6.45, 7) is 4.26. The number of aromatic amines is 1. The molecule has 0 amide bonds. The second-order valence-electron chi connectivity index (χ2n) is 10.3. The van der Waals surface area contributed by atoms with Crippen LogP contribution in [-0.4, -0.2) is 40.5 Å². The lowest BCUT2D eigenvalue weighted by atomic mass is 9.91. The Kier molecular flexibility index (Phi) is 7.91. The maximum Gasteiger partial charge on any atom is 0.328 e. The lowest BCUT2D eigenvalue weighted by Crippen LogP contribution is -2.33. The zero-order chi connectivity index (χ0) is 26.5. The van der Waals surface area contributed by atoms with Gasteiger partial charge in [0.05, 0.1) is 6.54 Å². The van der Waals surface area contributed by atoms with Crippen LogP contribution in [0, 0.1) is 5.92 Å². The molecule has 1 aliphatic rings. The minimum absolute atomic E-state index is 0.0310. The molecule has 1 aliphatic carbocycles. The fourth-order valence-electron chi connectivity index (χ4n) is 5.70. The SMILES string of the molecule is CCCCc1cn(C2CCCCCC2C(C)=O)c(=O)n1Cc1cnccc1-c1ccc(-c2nn[nH]n2)cc1. The van der Waals surface area contributed by atoms with Crippen molar-refractivity contribution in [3.8, 4) is 22.5 Å². The standard InChI is InChI=1S/C29H35N7O2/c1-3-4-8-24-19-36(27-10-7-5-6-9-25(27)20(2)37)29(38)35(24)18-23-17-30-16-15-26(23)21-11-13-22(14-12-21)28-31-33-34-32-28/h11-17,19,25,27H,3-10,18H2,1-2H3,(H,31,32,33,34). The highest BCUT2D eigenvalue weighted by Gasteiger charge is 2.31. The number of hydrogen-bond donors (Lipinski definition) is 1. The van der Waals surface area contributed by atoms with Crippen molar-refractivity contribution >= 4 is 5.78 Å². The molecule has 5 rings (SSSR count). The van der Waals surface area contributed by atoms with Crippen LogP contribution >= 0.6 is 0 Å². The third-order valence-corrected chi connectivity index (χ3v) is 7.76. The zero-order valence-corrected chi connectivity index (χ0v) is 22.1. The first kappa shape index (κ1) is 25.8. The lowest BCUT2D eigenvalue weighted by molar-refractivity contribution is -0.122. The highest BCUT2D eigenvalue weighted by Crippen LogP contribution is 2.33. The van der Waals surface area contributed by atoms with Crippen LogP contribution in [0.5, 0.6) is 0 Å². The highest BCUT2D eigenvalue weighted by molar-refractivity contribution is 5.78. The number of rotatable bonds is 9. The molecule has 3 aromatic heterocycles. The zero-order valence-electron chi connectivity index (χ0n) is 22.1. The molecule has 0 bridgehead atoms. The van der Waals surface area contributed by atoms with E-state index < -0.39 is 0 Å². The van der Waals surface area contributed by atoms with E-state index in [9.17, 15) is 9.59 Å². The number of carbonyl (C=O) groups is 1. The van der Waals surface area contributed by atoms with Crippen LogP contribution in [0.1, 0.15) is 76.1 Å². The van der Waals surface area contributed by atoms with Crippen molar-refractivity contribution < 1.29 is 4.79 Å². The first-order valence-corrected chi connectivity index (χ1v) is 13.6. The van der Waals surface area contributed by atoms with Gasteiger partial charge in [-0.3, -0.25) is 18.9 Å². The average Bonchev–Trinajstić information content (AvgIpc) is 3.49. The molecule has 4 aromatic rings. The smallest absolute Gasteiger partial charge is 0.300 e. The van der Waals surface area contributed by atoms with Gasteiger partial charge < -0.3 is 0 Å². The van der Waals surface area contributed by atoms with Gasteiger partial charge >= 0.3 is 5.69 Å². The Labute approximate surface area is 222 Å². The maximum absolute atomic E-state index is 13.9. The molecule has 0 saturated heterocycles. The number of pyridine rings is 1. The molecular formula is C29H35N7O2. The first-order chi connectivity index (χ1) is 18.6. The first-order valence-electron chi connectivity index (χ1n) is 13.6. The summed E-state index contributed by atoms with van der Waals surface area (Å²) < 4.78 is 3.77. The van der Waals surface area contributed by atoms with E-state index in [-0.39, 0.29) is 23.4 Å². The van der Waals surface area contributed by atoms with Gasteiger partial charge in [-0.25, -0.2) is 4.79 Å². The summed E-state index contributed by atoms with van der Waals surface area (Å²) in [4.78, 5) is 30.9. The Hall–Kier alpha value is -3.88. The number of nitrogens with one attached hydrogen (secondary N) is 1. The quantitative estimate of drug-likeness (QED) is 0.316. The van der Waals surface area contributed by atoms with Crippen LogP contribution in [0.3, 0.4) is 0 Å². The molecule has 9 heteroatoms. The molecular weight excluding hydrogens is 478 g/mol. The lowest BCUT2D eigenvalue weighted by Gasteiger charge is -2.23. The van der Waals surface area contributed by atoms with Crippen LogP contribution in [-0.2, 0) is 17.8 Å². The van der Waals surface area contributed by atoms with Gasteiger partial charge in [-0.1, -0.05) is 56.9 Å². The second-order valence-corrected chi connectivity index (χ2v) is 10.3. The van der Waals surface area contributed by atoms with Crippen LogP contribution in [0.4, 0.5) is 0 Å². The minimum atomic E-state index is -0.100. The number of nitrogens with zero attached hydrogens (tertiary/aromatic N) is 6. The number of tetrazole rings is 1. The normalized spacial score (nSPS) is 17.8. The Morgan fingerprint density at radius 3 is 2.61 bits per heavy atom. The number of aromatic nitrogens is 7. The number of carbonyl (C=O) groups excluding carboxylic acids is 1. The maximum atomic E-state index is 13.9. The van der Waals surface area contributed by atoms with E-state index in [4.69, 9.17) is 0 Å². The van der Waals surface area contributed by atoms with Gasteiger partial charge in [0, 0.05) is 41.8 Å². The number of H-pyrrole nitrogens is 1. The van der Waals surface area contributed by atoms with E-state index in [2.05, 4.69) is 32.5 Å². The summed E-state index contributed by atoms with van der Waals surface area (Å²) in [5, 5.41) is 14.2. The number of hydrogen-bond acceptors (Lipinski definition) is 6. The van der Waals surface area contributed by atoms with Gasteiger partial charge in [0.2, 0.25) is 5.82 Å². The van der Waals surface area contributed by atoms with Crippen molar-refractivity contribution in [1.29, 1.82) is 0 Å². The van der Waals surface area contributed by atoms with E-state index in [1.54, 1.807) is 13.1 Å². The number of benzene rings is 1. The highest BCUT2D eigenvalue weighted by atomic mass is 16.2. The number of ketones is 1. The van der Waals surface area contributed by atoms with E-state index in [1.807, 2.05) is 51.9 Å². The predicted octanol–water partition coefficient (Wildman–Crippen LogP) is 4.99. The summed E-state index contributed by atoms with van der Waals surface area (Å²) >= 11 is 0. The molecule has 0 radical (unpaired) electrons. The minimum Gasteiger partial charge on any atom is -0.300 e. The Bertz CT molecular complexity index is 1420. The van der Waals surface area contributed by atoms with Gasteiger partial charge in [0.15, 0.2) is 0 Å².